The smallest absolute Gasteiger partial charge is 0.128 e. The second-order valence-corrected chi connectivity index (χ2v) is 5.88. The fourth-order valence-corrected chi connectivity index (χ4v) is 2.14. The lowest BCUT2D eigenvalue weighted by Crippen LogP contribution is -2.26. The van der Waals surface area contributed by atoms with Crippen LogP contribution in [0.2, 0.25) is 0 Å². The Morgan fingerprint density at radius 3 is 2.59 bits per heavy atom. The fourth-order valence-electron chi connectivity index (χ4n) is 1.61. The summed E-state index contributed by atoms with van der Waals surface area (Å²) < 4.78 is 14.0. The van der Waals surface area contributed by atoms with Gasteiger partial charge >= 0.3 is 0 Å². The highest BCUT2D eigenvalue weighted by Gasteiger charge is 2.12. The van der Waals surface area contributed by atoms with E-state index in [1.807, 2.05) is 6.07 Å². The van der Waals surface area contributed by atoms with Crippen molar-refractivity contribution in [3.63, 3.8) is 0 Å². The first-order chi connectivity index (χ1) is 7.85. The summed E-state index contributed by atoms with van der Waals surface area (Å²) in [4.78, 5) is 4.45. The predicted molar refractivity (Wildman–Crippen MR) is 72.8 cm³/mol. The standard InChI is InChI=1S/C13H14BrFN2/c1-13(2,3)17-12-7-10(14)9-6-8(15)4-5-11(9)16-12/h4-7H,1-3H3,(H,16,17). The van der Waals surface area contributed by atoms with Crippen LogP contribution in [0.4, 0.5) is 10.2 Å². The van der Waals surface area contributed by atoms with Crippen LogP contribution in [-0.2, 0) is 0 Å². The number of nitrogens with one attached hydrogen (secondary N) is 1. The molecule has 2 aromatic rings. The van der Waals surface area contributed by atoms with Gasteiger partial charge in [0, 0.05) is 15.4 Å². The number of aromatic nitrogens is 1. The van der Waals surface area contributed by atoms with Gasteiger partial charge in [-0.25, -0.2) is 9.37 Å². The third-order valence-electron chi connectivity index (χ3n) is 2.22. The van der Waals surface area contributed by atoms with Gasteiger partial charge in [0.05, 0.1) is 5.52 Å². The normalized spacial score (nSPS) is 11.8. The minimum Gasteiger partial charge on any atom is -0.365 e. The average molecular weight is 297 g/mol. The Balaban J connectivity index is 2.52. The molecule has 1 aromatic carbocycles. The number of fused-ring (bicyclic) bond motifs is 1. The van der Waals surface area contributed by atoms with Crippen LogP contribution in [0.25, 0.3) is 10.9 Å². The number of benzene rings is 1. The Hall–Kier alpha value is -1.16. The molecule has 1 aromatic heterocycles. The maximum atomic E-state index is 13.1. The summed E-state index contributed by atoms with van der Waals surface area (Å²) in [5.41, 5.74) is 0.715. The van der Waals surface area contributed by atoms with E-state index in [2.05, 4.69) is 47.0 Å². The maximum Gasteiger partial charge on any atom is 0.128 e. The van der Waals surface area contributed by atoms with Gasteiger partial charge in [0.15, 0.2) is 0 Å². The van der Waals surface area contributed by atoms with Crippen LogP contribution in [0.3, 0.4) is 0 Å². The van der Waals surface area contributed by atoms with Gasteiger partial charge in [-0.2, -0.15) is 0 Å². The van der Waals surface area contributed by atoms with E-state index in [4.69, 9.17) is 0 Å². The maximum absolute atomic E-state index is 13.1. The Morgan fingerprint density at radius 2 is 1.94 bits per heavy atom. The molecular formula is C13H14BrFN2. The summed E-state index contributed by atoms with van der Waals surface area (Å²) in [5.74, 6) is 0.528. The lowest BCUT2D eigenvalue weighted by Gasteiger charge is -2.21. The molecule has 0 atom stereocenters. The molecule has 1 heterocycles. The number of pyridine rings is 1. The third-order valence-corrected chi connectivity index (χ3v) is 2.88. The summed E-state index contributed by atoms with van der Waals surface area (Å²) in [5, 5.41) is 4.08. The van der Waals surface area contributed by atoms with Crippen LogP contribution >= 0.6 is 15.9 Å². The van der Waals surface area contributed by atoms with E-state index in [-0.39, 0.29) is 11.4 Å². The molecule has 0 unspecified atom stereocenters. The van der Waals surface area contributed by atoms with Crippen molar-refractivity contribution in [1.29, 1.82) is 0 Å². The lowest BCUT2D eigenvalue weighted by atomic mass is 10.1. The number of hydrogen-bond donors (Lipinski definition) is 1. The lowest BCUT2D eigenvalue weighted by molar-refractivity contribution is 0.628. The molecule has 0 fully saturated rings. The van der Waals surface area contributed by atoms with E-state index in [1.165, 1.54) is 12.1 Å². The molecule has 0 aliphatic rings. The number of anilines is 1. The largest absolute Gasteiger partial charge is 0.365 e. The van der Waals surface area contributed by atoms with Crippen molar-refractivity contribution >= 4 is 32.7 Å². The van der Waals surface area contributed by atoms with Crippen molar-refractivity contribution in [2.45, 2.75) is 26.3 Å². The van der Waals surface area contributed by atoms with Crippen LogP contribution in [-0.4, -0.2) is 10.5 Å². The van der Waals surface area contributed by atoms with Crippen LogP contribution in [0.5, 0.6) is 0 Å². The van der Waals surface area contributed by atoms with Gasteiger partial charge in [0.1, 0.15) is 11.6 Å². The van der Waals surface area contributed by atoms with Crippen molar-refractivity contribution in [2.75, 3.05) is 5.32 Å². The molecule has 2 rings (SSSR count). The minimum absolute atomic E-state index is 0.0554. The van der Waals surface area contributed by atoms with Gasteiger partial charge in [-0.05, 0) is 61.0 Å². The van der Waals surface area contributed by atoms with Crippen LogP contribution in [0, 0.1) is 5.82 Å². The van der Waals surface area contributed by atoms with Crippen molar-refractivity contribution in [3.8, 4) is 0 Å². The van der Waals surface area contributed by atoms with Crippen molar-refractivity contribution < 1.29 is 4.39 Å². The number of halogens is 2. The Morgan fingerprint density at radius 1 is 1.24 bits per heavy atom. The fraction of sp³-hybridized carbons (Fsp3) is 0.308. The minimum atomic E-state index is -0.253. The summed E-state index contributed by atoms with van der Waals surface area (Å²) in [6.45, 7) is 6.20. The molecule has 0 spiro atoms. The molecule has 0 saturated heterocycles. The number of rotatable bonds is 1. The van der Waals surface area contributed by atoms with Gasteiger partial charge in [-0.1, -0.05) is 0 Å². The highest BCUT2D eigenvalue weighted by atomic mass is 79.9. The molecule has 0 amide bonds. The molecule has 90 valence electrons. The SMILES string of the molecule is CC(C)(C)Nc1cc(Br)c2cc(F)ccc2n1. The third kappa shape index (κ3) is 2.94. The Labute approximate surface area is 108 Å². The zero-order valence-electron chi connectivity index (χ0n) is 10.0. The molecule has 1 N–H and O–H groups in total. The van der Waals surface area contributed by atoms with Crippen molar-refractivity contribution in [2.24, 2.45) is 0 Å². The molecule has 2 nitrogen and oxygen atoms in total. The Kier molecular flexibility index (Phi) is 3.08. The Bertz CT molecular complexity index is 561. The predicted octanol–water partition coefficient (Wildman–Crippen LogP) is 4.35. The molecular weight excluding hydrogens is 283 g/mol. The van der Waals surface area contributed by atoms with E-state index in [9.17, 15) is 4.39 Å². The highest BCUT2D eigenvalue weighted by Crippen LogP contribution is 2.27. The van der Waals surface area contributed by atoms with E-state index in [0.29, 0.717) is 0 Å². The number of hydrogen-bond acceptors (Lipinski definition) is 2. The van der Waals surface area contributed by atoms with Gasteiger partial charge in [-0.3, -0.25) is 0 Å². The summed E-state index contributed by atoms with van der Waals surface area (Å²) in [6.07, 6.45) is 0. The van der Waals surface area contributed by atoms with Crippen molar-refractivity contribution in [1.82, 2.24) is 4.98 Å². The highest BCUT2D eigenvalue weighted by molar-refractivity contribution is 9.10. The molecule has 0 bridgehead atoms. The van der Waals surface area contributed by atoms with Gasteiger partial charge in [-0.15, -0.1) is 0 Å². The molecule has 0 aliphatic heterocycles. The molecule has 0 saturated carbocycles. The average Bonchev–Trinajstić information content (AvgIpc) is 2.17. The molecule has 17 heavy (non-hydrogen) atoms. The summed E-state index contributed by atoms with van der Waals surface area (Å²) >= 11 is 3.44. The van der Waals surface area contributed by atoms with E-state index >= 15 is 0 Å². The van der Waals surface area contributed by atoms with E-state index < -0.39 is 0 Å². The zero-order valence-corrected chi connectivity index (χ0v) is 11.6. The van der Waals surface area contributed by atoms with Crippen molar-refractivity contribution in [3.05, 3.63) is 34.6 Å². The summed E-state index contributed by atoms with van der Waals surface area (Å²) in [7, 11) is 0. The molecule has 4 heteroatoms. The van der Waals surface area contributed by atoms with Gasteiger partial charge in [0.2, 0.25) is 0 Å². The van der Waals surface area contributed by atoms with Crippen LogP contribution in [0.15, 0.2) is 28.7 Å². The number of nitrogens with zero attached hydrogens (tertiary/aromatic N) is 1. The second kappa shape index (κ2) is 4.26. The quantitative estimate of drug-likeness (QED) is 0.846. The zero-order chi connectivity index (χ0) is 12.6. The second-order valence-electron chi connectivity index (χ2n) is 5.03. The van der Waals surface area contributed by atoms with E-state index in [0.717, 1.165) is 21.2 Å². The first kappa shape index (κ1) is 12.3. The first-order valence-corrected chi connectivity index (χ1v) is 6.18. The molecule has 0 radical (unpaired) electrons. The topological polar surface area (TPSA) is 24.9 Å². The molecule has 0 aliphatic carbocycles. The first-order valence-electron chi connectivity index (χ1n) is 5.39. The summed E-state index contributed by atoms with van der Waals surface area (Å²) in [6, 6.07) is 6.45. The van der Waals surface area contributed by atoms with Gasteiger partial charge < -0.3 is 5.32 Å². The van der Waals surface area contributed by atoms with Gasteiger partial charge in [0.25, 0.3) is 0 Å². The van der Waals surface area contributed by atoms with E-state index in [1.54, 1.807) is 6.07 Å². The monoisotopic (exact) mass is 296 g/mol. The van der Waals surface area contributed by atoms with Crippen LogP contribution < -0.4 is 5.32 Å². The van der Waals surface area contributed by atoms with Crippen LogP contribution in [0.1, 0.15) is 20.8 Å².